The molecule has 1 N–H and O–H groups in total. The molecule has 1 aromatic rings. The second kappa shape index (κ2) is 2.85. The van der Waals surface area contributed by atoms with Crippen LogP contribution < -0.4 is 0 Å². The number of aliphatic hydroxyl groups is 1. The molecule has 0 aromatic heterocycles. The van der Waals surface area contributed by atoms with Gasteiger partial charge in [-0.05, 0) is 36.8 Å². The van der Waals surface area contributed by atoms with Gasteiger partial charge in [-0.3, -0.25) is 0 Å². The summed E-state index contributed by atoms with van der Waals surface area (Å²) in [5.74, 6) is 0.594. The minimum absolute atomic E-state index is 0.594. The van der Waals surface area contributed by atoms with Gasteiger partial charge in [0, 0.05) is 0 Å². The number of hydrogen-bond acceptors (Lipinski definition) is 1. The lowest BCUT2D eigenvalue weighted by molar-refractivity contribution is 0.0353. The average molecular weight is 176 g/mol. The van der Waals surface area contributed by atoms with Crippen molar-refractivity contribution in [2.45, 2.75) is 38.2 Å². The lowest BCUT2D eigenvalue weighted by Crippen LogP contribution is -2.28. The molecule has 0 heterocycles. The molecule has 0 saturated carbocycles. The van der Waals surface area contributed by atoms with Gasteiger partial charge in [-0.25, -0.2) is 0 Å². The van der Waals surface area contributed by atoms with Crippen LogP contribution in [0.2, 0.25) is 0 Å². The van der Waals surface area contributed by atoms with Crippen molar-refractivity contribution in [3.63, 3.8) is 0 Å². The van der Waals surface area contributed by atoms with E-state index < -0.39 is 5.60 Å². The Balaban J connectivity index is 2.55. The normalized spacial score (nSPS) is 32.7. The summed E-state index contributed by atoms with van der Waals surface area (Å²) in [6.45, 7) is 4.14. The summed E-state index contributed by atoms with van der Waals surface area (Å²) >= 11 is 0. The molecule has 1 aliphatic carbocycles. The molecule has 0 bridgehead atoms. The Hall–Kier alpha value is -0.820. The quantitative estimate of drug-likeness (QED) is 0.644. The van der Waals surface area contributed by atoms with Gasteiger partial charge in [-0.1, -0.05) is 31.2 Å². The molecule has 13 heavy (non-hydrogen) atoms. The van der Waals surface area contributed by atoms with Crippen molar-refractivity contribution in [1.29, 1.82) is 0 Å². The molecule has 0 radical (unpaired) electrons. The molecule has 0 amide bonds. The number of fused-ring (bicyclic) bond motifs is 1. The van der Waals surface area contributed by atoms with Crippen LogP contribution in [0.25, 0.3) is 0 Å². The summed E-state index contributed by atoms with van der Waals surface area (Å²) in [4.78, 5) is 0. The van der Waals surface area contributed by atoms with Crippen molar-refractivity contribution >= 4 is 0 Å². The summed E-state index contributed by atoms with van der Waals surface area (Å²) in [5, 5.41) is 10.1. The van der Waals surface area contributed by atoms with Gasteiger partial charge < -0.3 is 5.11 Å². The molecule has 2 atom stereocenters. The van der Waals surface area contributed by atoms with Crippen molar-refractivity contribution in [1.82, 2.24) is 0 Å². The molecule has 1 aliphatic rings. The molecular weight excluding hydrogens is 160 g/mol. The average Bonchev–Trinajstić information content (AvgIpc) is 2.13. The Kier molecular flexibility index (Phi) is 1.92. The van der Waals surface area contributed by atoms with E-state index in [1.165, 1.54) is 5.56 Å². The first kappa shape index (κ1) is 8.76. The van der Waals surface area contributed by atoms with Crippen LogP contribution in [0.5, 0.6) is 0 Å². The molecule has 1 aromatic carbocycles. The summed E-state index contributed by atoms with van der Waals surface area (Å²) in [5.41, 5.74) is 1.83. The highest BCUT2D eigenvalue weighted by molar-refractivity contribution is 5.36. The summed E-state index contributed by atoms with van der Waals surface area (Å²) < 4.78 is 0. The van der Waals surface area contributed by atoms with Gasteiger partial charge in [-0.2, -0.15) is 0 Å². The number of hydrogen-bond donors (Lipinski definition) is 1. The smallest absolute Gasteiger partial charge is 0.0871 e. The Morgan fingerprint density at radius 2 is 2.08 bits per heavy atom. The maximum atomic E-state index is 10.1. The molecule has 0 spiro atoms. The summed E-state index contributed by atoms with van der Waals surface area (Å²) in [7, 11) is 0. The van der Waals surface area contributed by atoms with Crippen molar-refractivity contribution in [3.05, 3.63) is 35.4 Å². The van der Waals surface area contributed by atoms with E-state index in [2.05, 4.69) is 19.1 Å². The lowest BCUT2D eigenvalue weighted by Gasteiger charge is -2.34. The predicted molar refractivity (Wildman–Crippen MR) is 53.7 cm³/mol. The zero-order valence-electron chi connectivity index (χ0n) is 8.25. The zero-order valence-corrected chi connectivity index (χ0v) is 8.25. The van der Waals surface area contributed by atoms with Crippen molar-refractivity contribution in [2.24, 2.45) is 0 Å². The Morgan fingerprint density at radius 3 is 2.77 bits per heavy atom. The van der Waals surface area contributed by atoms with Crippen molar-refractivity contribution in [3.8, 4) is 0 Å². The Morgan fingerprint density at radius 1 is 1.38 bits per heavy atom. The van der Waals surface area contributed by atoms with E-state index in [9.17, 15) is 5.11 Å². The van der Waals surface area contributed by atoms with Crippen LogP contribution in [0.3, 0.4) is 0 Å². The fourth-order valence-electron chi connectivity index (χ4n) is 2.20. The highest BCUT2D eigenvalue weighted by atomic mass is 16.3. The minimum Gasteiger partial charge on any atom is -0.385 e. The first-order valence-electron chi connectivity index (χ1n) is 4.93. The monoisotopic (exact) mass is 176 g/mol. The number of benzene rings is 1. The van der Waals surface area contributed by atoms with Crippen molar-refractivity contribution in [2.75, 3.05) is 0 Å². The molecule has 70 valence electrons. The van der Waals surface area contributed by atoms with E-state index in [0.717, 1.165) is 18.4 Å². The van der Waals surface area contributed by atoms with Crippen LogP contribution in [0, 0.1) is 0 Å². The van der Waals surface area contributed by atoms with Crippen LogP contribution >= 0.6 is 0 Å². The highest BCUT2D eigenvalue weighted by Gasteiger charge is 2.31. The minimum atomic E-state index is -0.608. The standard InChI is InChI=1S/C12H16O/c1-9-7-8-12(2,13)11-6-4-3-5-10(9)11/h3-6,9,13H,7-8H2,1-2H3. The molecule has 2 unspecified atom stereocenters. The molecule has 2 rings (SSSR count). The maximum absolute atomic E-state index is 10.1. The second-order valence-electron chi connectivity index (χ2n) is 4.30. The van der Waals surface area contributed by atoms with E-state index in [1.54, 1.807) is 0 Å². The topological polar surface area (TPSA) is 20.2 Å². The molecule has 1 nitrogen and oxygen atoms in total. The van der Waals surface area contributed by atoms with Crippen LogP contribution in [0.15, 0.2) is 24.3 Å². The molecule has 0 saturated heterocycles. The van der Waals surface area contributed by atoms with E-state index in [0.29, 0.717) is 5.92 Å². The first-order valence-corrected chi connectivity index (χ1v) is 4.93. The Labute approximate surface area is 79.4 Å². The third-order valence-corrected chi connectivity index (χ3v) is 3.14. The highest BCUT2D eigenvalue weighted by Crippen LogP contribution is 2.40. The third-order valence-electron chi connectivity index (χ3n) is 3.14. The SMILES string of the molecule is CC1CCC(C)(O)c2ccccc21. The van der Waals surface area contributed by atoms with Gasteiger partial charge in [0.15, 0.2) is 0 Å². The summed E-state index contributed by atoms with van der Waals surface area (Å²) in [6.07, 6.45) is 1.97. The fourth-order valence-corrected chi connectivity index (χ4v) is 2.20. The van der Waals surface area contributed by atoms with Gasteiger partial charge >= 0.3 is 0 Å². The number of rotatable bonds is 0. The fraction of sp³-hybridized carbons (Fsp3) is 0.500. The van der Waals surface area contributed by atoms with Crippen LogP contribution in [0.4, 0.5) is 0 Å². The van der Waals surface area contributed by atoms with Crippen LogP contribution in [-0.4, -0.2) is 5.11 Å². The van der Waals surface area contributed by atoms with Gasteiger partial charge in [0.1, 0.15) is 0 Å². The van der Waals surface area contributed by atoms with Gasteiger partial charge in [0.2, 0.25) is 0 Å². The largest absolute Gasteiger partial charge is 0.385 e. The van der Waals surface area contributed by atoms with E-state index >= 15 is 0 Å². The van der Waals surface area contributed by atoms with E-state index in [1.807, 2.05) is 19.1 Å². The molecule has 0 aliphatic heterocycles. The van der Waals surface area contributed by atoms with Crippen LogP contribution in [-0.2, 0) is 5.60 Å². The van der Waals surface area contributed by atoms with Gasteiger partial charge in [0.05, 0.1) is 5.60 Å². The summed E-state index contributed by atoms with van der Waals surface area (Å²) in [6, 6.07) is 8.24. The van der Waals surface area contributed by atoms with Gasteiger partial charge in [-0.15, -0.1) is 0 Å². The molecule has 1 heteroatoms. The Bertz CT molecular complexity index is 315. The molecular formula is C12H16O. The van der Waals surface area contributed by atoms with Crippen molar-refractivity contribution < 1.29 is 5.11 Å². The third kappa shape index (κ3) is 1.37. The zero-order chi connectivity index (χ0) is 9.47. The van der Waals surface area contributed by atoms with Gasteiger partial charge in [0.25, 0.3) is 0 Å². The lowest BCUT2D eigenvalue weighted by atomic mass is 9.75. The first-order chi connectivity index (χ1) is 6.11. The van der Waals surface area contributed by atoms with E-state index in [4.69, 9.17) is 0 Å². The van der Waals surface area contributed by atoms with E-state index in [-0.39, 0.29) is 0 Å². The second-order valence-corrected chi connectivity index (χ2v) is 4.30. The maximum Gasteiger partial charge on any atom is 0.0871 e. The van der Waals surface area contributed by atoms with Crippen LogP contribution in [0.1, 0.15) is 43.7 Å². The molecule has 0 fully saturated rings. The predicted octanol–water partition coefficient (Wildman–Crippen LogP) is 2.79.